The van der Waals surface area contributed by atoms with Crippen molar-refractivity contribution in [2.45, 2.75) is 58.8 Å². The Morgan fingerprint density at radius 3 is 2.43 bits per heavy atom. The number of piperidine rings is 1. The number of urea groups is 1. The van der Waals surface area contributed by atoms with E-state index in [1.807, 2.05) is 4.90 Å². The molecule has 2 fully saturated rings. The van der Waals surface area contributed by atoms with Crippen LogP contribution in [-0.2, 0) is 4.79 Å². The number of carbonyl (C=O) groups excluding carboxylic acids is 2. The Labute approximate surface area is 140 Å². The fourth-order valence-corrected chi connectivity index (χ4v) is 4.13. The van der Waals surface area contributed by atoms with E-state index in [1.165, 1.54) is 32.1 Å². The number of hydrogen-bond donors (Lipinski definition) is 2. The third-order valence-corrected chi connectivity index (χ3v) is 5.55. The van der Waals surface area contributed by atoms with Crippen LogP contribution < -0.4 is 10.6 Å². The van der Waals surface area contributed by atoms with Crippen LogP contribution in [0.15, 0.2) is 0 Å². The van der Waals surface area contributed by atoms with Gasteiger partial charge in [0.25, 0.3) is 0 Å². The third-order valence-electron chi connectivity index (χ3n) is 5.55. The summed E-state index contributed by atoms with van der Waals surface area (Å²) >= 11 is 0. The smallest absolute Gasteiger partial charge is 0.317 e. The zero-order valence-electron chi connectivity index (χ0n) is 14.8. The summed E-state index contributed by atoms with van der Waals surface area (Å²) in [5, 5.41) is 6.05. The zero-order chi connectivity index (χ0) is 16.7. The predicted octanol–water partition coefficient (Wildman–Crippen LogP) is 2.76. The largest absolute Gasteiger partial charge is 0.356 e. The summed E-state index contributed by atoms with van der Waals surface area (Å²) < 4.78 is 0. The van der Waals surface area contributed by atoms with E-state index in [9.17, 15) is 9.59 Å². The van der Waals surface area contributed by atoms with Crippen LogP contribution >= 0.6 is 0 Å². The van der Waals surface area contributed by atoms with Crippen molar-refractivity contribution >= 4 is 11.9 Å². The van der Waals surface area contributed by atoms with E-state index in [1.54, 1.807) is 6.92 Å². The molecule has 3 atom stereocenters. The highest BCUT2D eigenvalue weighted by Crippen LogP contribution is 2.31. The molecule has 0 bridgehead atoms. The van der Waals surface area contributed by atoms with Gasteiger partial charge < -0.3 is 15.5 Å². The van der Waals surface area contributed by atoms with Crippen molar-refractivity contribution < 1.29 is 9.59 Å². The minimum Gasteiger partial charge on any atom is -0.356 e. The number of hydrogen-bond acceptors (Lipinski definition) is 2. The van der Waals surface area contributed by atoms with Crippen molar-refractivity contribution in [1.82, 2.24) is 15.5 Å². The summed E-state index contributed by atoms with van der Waals surface area (Å²) in [7, 11) is 0. The van der Waals surface area contributed by atoms with Gasteiger partial charge >= 0.3 is 6.03 Å². The maximum atomic E-state index is 12.4. The van der Waals surface area contributed by atoms with Crippen LogP contribution in [0.25, 0.3) is 0 Å². The van der Waals surface area contributed by atoms with Gasteiger partial charge in [0.1, 0.15) is 0 Å². The Morgan fingerprint density at radius 2 is 1.74 bits per heavy atom. The van der Waals surface area contributed by atoms with Gasteiger partial charge in [0, 0.05) is 33.1 Å². The van der Waals surface area contributed by atoms with E-state index in [2.05, 4.69) is 17.6 Å². The first kappa shape index (κ1) is 18.1. The molecular formula is C18H33N3O2. The van der Waals surface area contributed by atoms with Crippen molar-refractivity contribution in [3.8, 4) is 0 Å². The van der Waals surface area contributed by atoms with Crippen molar-refractivity contribution in [2.24, 2.45) is 17.8 Å². The summed E-state index contributed by atoms with van der Waals surface area (Å²) in [5.41, 5.74) is 0. The lowest BCUT2D eigenvalue weighted by Crippen LogP contribution is -2.48. The molecule has 5 nitrogen and oxygen atoms in total. The highest BCUT2D eigenvalue weighted by molar-refractivity contribution is 5.74. The van der Waals surface area contributed by atoms with Crippen LogP contribution in [0.5, 0.6) is 0 Å². The minimum absolute atomic E-state index is 0.00878. The van der Waals surface area contributed by atoms with Gasteiger partial charge in [0.05, 0.1) is 0 Å². The summed E-state index contributed by atoms with van der Waals surface area (Å²) in [6, 6.07) is 0.0814. The molecule has 2 aliphatic rings. The Balaban J connectivity index is 1.74. The lowest BCUT2D eigenvalue weighted by molar-refractivity contribution is -0.119. The van der Waals surface area contributed by atoms with Gasteiger partial charge in [-0.2, -0.15) is 0 Å². The maximum absolute atomic E-state index is 12.4. The van der Waals surface area contributed by atoms with Crippen LogP contribution in [0.3, 0.4) is 0 Å². The Kier molecular flexibility index (Phi) is 7.18. The van der Waals surface area contributed by atoms with Gasteiger partial charge in [0.2, 0.25) is 5.91 Å². The van der Waals surface area contributed by atoms with Crippen LogP contribution in [0, 0.1) is 17.8 Å². The van der Waals surface area contributed by atoms with Gasteiger partial charge in [-0.25, -0.2) is 4.79 Å². The average Bonchev–Trinajstić information content (AvgIpc) is 2.58. The first-order valence-electron chi connectivity index (χ1n) is 9.37. The molecular weight excluding hydrogens is 290 g/mol. The van der Waals surface area contributed by atoms with Gasteiger partial charge in [0.15, 0.2) is 0 Å². The molecule has 3 amide bonds. The summed E-state index contributed by atoms with van der Waals surface area (Å²) in [5.74, 6) is 1.82. The molecule has 1 heterocycles. The number of likely N-dealkylation sites (tertiary alicyclic amines) is 1. The molecule has 1 saturated carbocycles. The molecule has 2 rings (SSSR count). The number of rotatable bonds is 5. The van der Waals surface area contributed by atoms with Crippen molar-refractivity contribution in [2.75, 3.05) is 26.2 Å². The molecule has 5 heteroatoms. The predicted molar refractivity (Wildman–Crippen MR) is 92.1 cm³/mol. The van der Waals surface area contributed by atoms with Gasteiger partial charge in [-0.3, -0.25) is 4.79 Å². The SMILES string of the molecule is CCC1CCCCC1CNC(=O)N1CCCC(CNC(C)=O)C1. The fourth-order valence-electron chi connectivity index (χ4n) is 4.13. The van der Waals surface area contributed by atoms with Crippen LogP contribution in [0.4, 0.5) is 4.79 Å². The first-order chi connectivity index (χ1) is 11.1. The minimum atomic E-state index is 0.00878. The van der Waals surface area contributed by atoms with E-state index in [0.29, 0.717) is 18.4 Å². The van der Waals surface area contributed by atoms with Gasteiger partial charge in [-0.05, 0) is 37.0 Å². The number of amides is 3. The molecule has 3 unspecified atom stereocenters. The molecule has 2 N–H and O–H groups in total. The molecule has 132 valence electrons. The van der Waals surface area contributed by atoms with Crippen molar-refractivity contribution in [3.05, 3.63) is 0 Å². The van der Waals surface area contributed by atoms with E-state index in [4.69, 9.17) is 0 Å². The van der Waals surface area contributed by atoms with E-state index < -0.39 is 0 Å². The van der Waals surface area contributed by atoms with Gasteiger partial charge in [-0.15, -0.1) is 0 Å². The topological polar surface area (TPSA) is 61.4 Å². The standard InChI is InChI=1S/C18H33N3O2/c1-3-16-8-4-5-9-17(16)12-20-18(23)21-10-6-7-15(13-21)11-19-14(2)22/h15-17H,3-13H2,1-2H3,(H,19,22)(H,20,23). The molecule has 0 radical (unpaired) electrons. The monoisotopic (exact) mass is 323 g/mol. The summed E-state index contributed by atoms with van der Waals surface area (Å²) in [6.07, 6.45) is 8.56. The normalized spacial score (nSPS) is 28.3. The summed E-state index contributed by atoms with van der Waals surface area (Å²) in [6.45, 7) is 6.91. The highest BCUT2D eigenvalue weighted by atomic mass is 16.2. The van der Waals surface area contributed by atoms with Crippen molar-refractivity contribution in [1.29, 1.82) is 0 Å². The molecule has 0 aromatic carbocycles. The van der Waals surface area contributed by atoms with Crippen LogP contribution in [0.1, 0.15) is 58.8 Å². The van der Waals surface area contributed by atoms with Gasteiger partial charge in [-0.1, -0.05) is 32.6 Å². The van der Waals surface area contributed by atoms with E-state index in [0.717, 1.165) is 38.4 Å². The molecule has 1 aliphatic heterocycles. The Bertz CT molecular complexity index is 400. The second-order valence-corrected chi connectivity index (χ2v) is 7.29. The maximum Gasteiger partial charge on any atom is 0.317 e. The number of carbonyl (C=O) groups is 2. The van der Waals surface area contributed by atoms with E-state index in [-0.39, 0.29) is 11.9 Å². The second-order valence-electron chi connectivity index (χ2n) is 7.29. The Hall–Kier alpha value is -1.26. The summed E-state index contributed by atoms with van der Waals surface area (Å²) in [4.78, 5) is 25.4. The lowest BCUT2D eigenvalue weighted by Gasteiger charge is -2.35. The fraction of sp³-hybridized carbons (Fsp3) is 0.889. The molecule has 23 heavy (non-hydrogen) atoms. The molecule has 0 aromatic rings. The second kappa shape index (κ2) is 9.14. The highest BCUT2D eigenvalue weighted by Gasteiger charge is 2.27. The molecule has 1 aliphatic carbocycles. The first-order valence-corrected chi connectivity index (χ1v) is 9.37. The molecule has 0 spiro atoms. The van der Waals surface area contributed by atoms with E-state index >= 15 is 0 Å². The van der Waals surface area contributed by atoms with Crippen LogP contribution in [-0.4, -0.2) is 43.0 Å². The van der Waals surface area contributed by atoms with Crippen molar-refractivity contribution in [3.63, 3.8) is 0 Å². The van der Waals surface area contributed by atoms with Crippen LogP contribution in [0.2, 0.25) is 0 Å². The lowest BCUT2D eigenvalue weighted by atomic mass is 9.78. The quantitative estimate of drug-likeness (QED) is 0.817. The zero-order valence-corrected chi connectivity index (χ0v) is 14.8. The Morgan fingerprint density at radius 1 is 1.00 bits per heavy atom. The molecule has 1 saturated heterocycles. The third kappa shape index (κ3) is 5.70. The average molecular weight is 323 g/mol. The molecule has 0 aromatic heterocycles. The number of nitrogens with one attached hydrogen (secondary N) is 2. The number of nitrogens with zero attached hydrogens (tertiary/aromatic N) is 1.